The van der Waals surface area contributed by atoms with Gasteiger partial charge in [0.1, 0.15) is 11.4 Å². The molecular weight excluding hydrogens is 252 g/mol. The summed E-state index contributed by atoms with van der Waals surface area (Å²) in [5, 5.41) is 0.654. The number of carbonyl (C=O) groups is 1. The number of halogens is 1. The maximum absolute atomic E-state index is 11.4. The van der Waals surface area contributed by atoms with E-state index in [1.807, 2.05) is 12.1 Å². The highest BCUT2D eigenvalue weighted by Gasteiger charge is 2.15. The van der Waals surface area contributed by atoms with E-state index in [4.69, 9.17) is 22.1 Å². The zero-order valence-corrected chi connectivity index (χ0v) is 11.5. The molecule has 1 rings (SSSR count). The zero-order chi connectivity index (χ0) is 13.8. The van der Waals surface area contributed by atoms with E-state index >= 15 is 0 Å². The SMILES string of the molecule is CC(C)(C)OC(=O)/N=C(\N)Cc1ccc(Cl)cc1. The molecule has 0 saturated heterocycles. The number of rotatable bonds is 2. The van der Waals surface area contributed by atoms with Crippen molar-refractivity contribution in [2.45, 2.75) is 32.8 Å². The summed E-state index contributed by atoms with van der Waals surface area (Å²) in [5.74, 6) is 0.214. The van der Waals surface area contributed by atoms with Gasteiger partial charge in [-0.1, -0.05) is 23.7 Å². The van der Waals surface area contributed by atoms with Gasteiger partial charge >= 0.3 is 6.09 Å². The predicted molar refractivity (Wildman–Crippen MR) is 73.0 cm³/mol. The van der Waals surface area contributed by atoms with Gasteiger partial charge in [-0.15, -0.1) is 0 Å². The largest absolute Gasteiger partial charge is 0.442 e. The first kappa shape index (κ1) is 14.5. The van der Waals surface area contributed by atoms with Crippen LogP contribution in [0.15, 0.2) is 29.3 Å². The summed E-state index contributed by atoms with van der Waals surface area (Å²) < 4.78 is 5.04. The minimum absolute atomic E-state index is 0.214. The van der Waals surface area contributed by atoms with Crippen LogP contribution in [0.5, 0.6) is 0 Å². The number of hydrogen-bond acceptors (Lipinski definition) is 2. The molecule has 0 spiro atoms. The molecule has 1 aromatic carbocycles. The number of benzene rings is 1. The summed E-state index contributed by atoms with van der Waals surface area (Å²) in [6.07, 6.45) is -0.287. The van der Waals surface area contributed by atoms with E-state index in [2.05, 4.69) is 4.99 Å². The molecule has 0 bridgehead atoms. The van der Waals surface area contributed by atoms with Gasteiger partial charge in [0.05, 0.1) is 0 Å². The van der Waals surface area contributed by atoms with Gasteiger partial charge < -0.3 is 10.5 Å². The molecule has 4 nitrogen and oxygen atoms in total. The van der Waals surface area contributed by atoms with E-state index < -0.39 is 11.7 Å². The summed E-state index contributed by atoms with van der Waals surface area (Å²) in [7, 11) is 0. The molecule has 2 N–H and O–H groups in total. The molecule has 1 amide bonds. The van der Waals surface area contributed by atoms with Crippen molar-refractivity contribution in [2.75, 3.05) is 0 Å². The fourth-order valence-corrected chi connectivity index (χ4v) is 1.38. The third-order valence-electron chi connectivity index (χ3n) is 1.93. The maximum Gasteiger partial charge on any atom is 0.435 e. The van der Waals surface area contributed by atoms with Crippen molar-refractivity contribution in [3.63, 3.8) is 0 Å². The van der Waals surface area contributed by atoms with E-state index in [0.29, 0.717) is 11.4 Å². The van der Waals surface area contributed by atoms with Crippen LogP contribution in [0.3, 0.4) is 0 Å². The van der Waals surface area contributed by atoms with Gasteiger partial charge in [-0.25, -0.2) is 4.79 Å². The molecule has 0 radical (unpaired) electrons. The van der Waals surface area contributed by atoms with Crippen molar-refractivity contribution in [2.24, 2.45) is 10.7 Å². The van der Waals surface area contributed by atoms with Crippen molar-refractivity contribution >= 4 is 23.5 Å². The lowest BCUT2D eigenvalue weighted by Crippen LogP contribution is -2.24. The number of amides is 1. The number of aliphatic imine (C=N–C) groups is 1. The lowest BCUT2D eigenvalue weighted by Gasteiger charge is -2.17. The molecule has 0 aliphatic carbocycles. The van der Waals surface area contributed by atoms with E-state index in [9.17, 15) is 4.79 Å². The lowest BCUT2D eigenvalue weighted by atomic mass is 10.1. The Labute approximate surface area is 112 Å². The summed E-state index contributed by atoms with van der Waals surface area (Å²) in [6.45, 7) is 5.32. The van der Waals surface area contributed by atoms with Crippen LogP contribution in [-0.2, 0) is 11.2 Å². The second-order valence-corrected chi connectivity index (χ2v) is 5.32. The number of hydrogen-bond donors (Lipinski definition) is 1. The average Bonchev–Trinajstić information content (AvgIpc) is 2.18. The Morgan fingerprint density at radius 2 is 1.89 bits per heavy atom. The van der Waals surface area contributed by atoms with Crippen LogP contribution in [-0.4, -0.2) is 17.5 Å². The van der Waals surface area contributed by atoms with Gasteiger partial charge in [0.15, 0.2) is 0 Å². The van der Waals surface area contributed by atoms with E-state index in [0.717, 1.165) is 5.56 Å². The van der Waals surface area contributed by atoms with Crippen molar-refractivity contribution < 1.29 is 9.53 Å². The van der Waals surface area contributed by atoms with Gasteiger partial charge in [0.25, 0.3) is 0 Å². The van der Waals surface area contributed by atoms with Crippen molar-refractivity contribution in [3.8, 4) is 0 Å². The van der Waals surface area contributed by atoms with Gasteiger partial charge in [-0.2, -0.15) is 4.99 Å². The first-order valence-corrected chi connectivity index (χ1v) is 5.94. The molecule has 0 fully saturated rings. The minimum atomic E-state index is -0.672. The Morgan fingerprint density at radius 3 is 2.39 bits per heavy atom. The maximum atomic E-state index is 11.4. The Morgan fingerprint density at radius 1 is 1.33 bits per heavy atom. The molecule has 0 saturated carbocycles. The highest BCUT2D eigenvalue weighted by atomic mass is 35.5. The van der Waals surface area contributed by atoms with Crippen LogP contribution in [0.1, 0.15) is 26.3 Å². The number of carbonyl (C=O) groups excluding carboxylic acids is 1. The minimum Gasteiger partial charge on any atom is -0.442 e. The van der Waals surface area contributed by atoms with Crippen molar-refractivity contribution in [1.82, 2.24) is 0 Å². The second kappa shape index (κ2) is 5.87. The number of amidine groups is 1. The quantitative estimate of drug-likeness (QED) is 0.662. The fraction of sp³-hybridized carbons (Fsp3) is 0.385. The first-order valence-electron chi connectivity index (χ1n) is 5.57. The smallest absolute Gasteiger partial charge is 0.435 e. The second-order valence-electron chi connectivity index (χ2n) is 4.89. The molecule has 18 heavy (non-hydrogen) atoms. The number of ether oxygens (including phenoxy) is 1. The van der Waals surface area contributed by atoms with E-state index in [-0.39, 0.29) is 5.84 Å². The predicted octanol–water partition coefficient (Wildman–Crippen LogP) is 3.17. The van der Waals surface area contributed by atoms with Gasteiger partial charge in [0, 0.05) is 11.4 Å². The molecule has 0 aromatic heterocycles. The Hall–Kier alpha value is -1.55. The van der Waals surface area contributed by atoms with E-state index in [1.54, 1.807) is 32.9 Å². The molecule has 0 aliphatic heterocycles. The monoisotopic (exact) mass is 268 g/mol. The molecule has 98 valence electrons. The van der Waals surface area contributed by atoms with Gasteiger partial charge in [0.2, 0.25) is 0 Å². The van der Waals surface area contributed by atoms with E-state index in [1.165, 1.54) is 0 Å². The fourth-order valence-electron chi connectivity index (χ4n) is 1.25. The molecule has 0 atom stereocenters. The molecule has 0 heterocycles. The molecule has 5 heteroatoms. The highest BCUT2D eigenvalue weighted by Crippen LogP contribution is 2.11. The third-order valence-corrected chi connectivity index (χ3v) is 2.18. The highest BCUT2D eigenvalue weighted by molar-refractivity contribution is 6.30. The number of nitrogens with two attached hydrogens (primary N) is 1. The van der Waals surface area contributed by atoms with Gasteiger partial charge in [-0.3, -0.25) is 0 Å². The van der Waals surface area contributed by atoms with Crippen molar-refractivity contribution in [3.05, 3.63) is 34.9 Å². The summed E-state index contributed by atoms with van der Waals surface area (Å²) in [4.78, 5) is 15.1. The molecule has 1 aromatic rings. The van der Waals surface area contributed by atoms with Crippen LogP contribution in [0.2, 0.25) is 5.02 Å². The normalized spacial score (nSPS) is 12.3. The van der Waals surface area contributed by atoms with Crippen LogP contribution in [0.4, 0.5) is 4.79 Å². The van der Waals surface area contributed by atoms with Gasteiger partial charge in [-0.05, 0) is 38.5 Å². The topological polar surface area (TPSA) is 64.7 Å². The van der Waals surface area contributed by atoms with Crippen molar-refractivity contribution in [1.29, 1.82) is 0 Å². The summed E-state index contributed by atoms with van der Waals surface area (Å²) >= 11 is 5.77. The number of nitrogens with zero attached hydrogens (tertiary/aromatic N) is 1. The van der Waals surface area contributed by atoms with Crippen LogP contribution in [0.25, 0.3) is 0 Å². The Balaban J connectivity index is 2.62. The Bertz CT molecular complexity index is 447. The third kappa shape index (κ3) is 5.68. The summed E-state index contributed by atoms with van der Waals surface area (Å²) in [5.41, 5.74) is 6.05. The lowest BCUT2D eigenvalue weighted by molar-refractivity contribution is 0.0604. The standard InChI is InChI=1S/C13H17ClN2O2/c1-13(2,3)18-12(17)16-11(15)8-9-4-6-10(14)7-5-9/h4-7H,8H2,1-3H3,(H2,15,16,17). The van der Waals surface area contributed by atoms with Crippen LogP contribution in [0, 0.1) is 0 Å². The first-order chi connectivity index (χ1) is 8.26. The Kier molecular flexibility index (Phi) is 4.73. The zero-order valence-electron chi connectivity index (χ0n) is 10.7. The molecule has 0 unspecified atom stereocenters. The molecule has 0 aliphatic rings. The average molecular weight is 269 g/mol. The van der Waals surface area contributed by atoms with Crippen LogP contribution < -0.4 is 5.73 Å². The van der Waals surface area contributed by atoms with Crippen LogP contribution >= 0.6 is 11.6 Å². The summed E-state index contributed by atoms with van der Waals surface area (Å²) in [6, 6.07) is 7.19. The molecular formula is C13H17ClN2O2.